The molecule has 2 rings (SSSR count). The summed E-state index contributed by atoms with van der Waals surface area (Å²) in [5.74, 6) is -1.69. The molecular weight excluding hydrogens is 413 g/mol. The van der Waals surface area contributed by atoms with Crippen molar-refractivity contribution >= 4 is 33.6 Å². The molecule has 2 N–H and O–H groups in total. The van der Waals surface area contributed by atoms with Crippen LogP contribution >= 0.6 is 0 Å². The molecule has 1 aliphatic rings. The molecule has 1 aliphatic heterocycles. The molecule has 8 nitrogen and oxygen atoms in total. The van der Waals surface area contributed by atoms with E-state index in [-0.39, 0.29) is 31.2 Å². The molecule has 1 aromatic carbocycles. The lowest BCUT2D eigenvalue weighted by molar-refractivity contribution is -0.145. The maximum Gasteiger partial charge on any atom is 0.332 e. The van der Waals surface area contributed by atoms with Crippen LogP contribution in [-0.2, 0) is 19.6 Å². The third-order valence-electron chi connectivity index (χ3n) is 5.08. The SMILES string of the molecule is CC(=O)N1CCC(S(=O)(=O)NC(=O)Nc2c(C(C)C)cc(F)cc2C(C)C)CC1=O. The van der Waals surface area contributed by atoms with E-state index in [0.29, 0.717) is 16.8 Å². The lowest BCUT2D eigenvalue weighted by Gasteiger charge is -2.29. The minimum absolute atomic E-state index is 0.0195. The molecule has 0 radical (unpaired) electrons. The molecule has 1 atom stereocenters. The Bertz CT molecular complexity index is 930. The number of rotatable bonds is 5. The number of piperidine rings is 1. The van der Waals surface area contributed by atoms with E-state index in [9.17, 15) is 27.2 Å². The number of likely N-dealkylation sites (tertiary alicyclic amines) is 1. The largest absolute Gasteiger partial charge is 0.332 e. The number of anilines is 1. The summed E-state index contributed by atoms with van der Waals surface area (Å²) in [6, 6.07) is 1.65. The van der Waals surface area contributed by atoms with Gasteiger partial charge in [-0.2, -0.15) is 0 Å². The number of carbonyl (C=O) groups excluding carboxylic acids is 3. The van der Waals surface area contributed by atoms with Gasteiger partial charge in [-0.1, -0.05) is 27.7 Å². The van der Waals surface area contributed by atoms with Crippen LogP contribution in [0.3, 0.4) is 0 Å². The van der Waals surface area contributed by atoms with Gasteiger partial charge in [0.2, 0.25) is 21.8 Å². The minimum atomic E-state index is -4.15. The Morgan fingerprint density at radius 2 is 1.67 bits per heavy atom. The second-order valence-electron chi connectivity index (χ2n) is 8.05. The monoisotopic (exact) mass is 441 g/mol. The summed E-state index contributed by atoms with van der Waals surface area (Å²) in [5, 5.41) is 1.44. The number of nitrogens with one attached hydrogen (secondary N) is 2. The average molecular weight is 442 g/mol. The van der Waals surface area contributed by atoms with Crippen molar-refractivity contribution in [3.8, 4) is 0 Å². The predicted molar refractivity (Wildman–Crippen MR) is 111 cm³/mol. The second-order valence-corrected chi connectivity index (χ2v) is 10.0. The second kappa shape index (κ2) is 9.11. The van der Waals surface area contributed by atoms with Crippen molar-refractivity contribution in [1.82, 2.24) is 9.62 Å². The summed E-state index contributed by atoms with van der Waals surface area (Å²) in [5.41, 5.74) is 1.48. The van der Waals surface area contributed by atoms with Crippen molar-refractivity contribution in [1.29, 1.82) is 0 Å². The van der Waals surface area contributed by atoms with E-state index in [1.807, 2.05) is 32.4 Å². The molecule has 1 heterocycles. The predicted octanol–water partition coefficient (Wildman–Crippen LogP) is 3.06. The third kappa shape index (κ3) is 5.35. The van der Waals surface area contributed by atoms with Crippen LogP contribution in [0.5, 0.6) is 0 Å². The Hall–Kier alpha value is -2.49. The fourth-order valence-corrected chi connectivity index (χ4v) is 4.71. The van der Waals surface area contributed by atoms with Crippen molar-refractivity contribution in [2.75, 3.05) is 11.9 Å². The van der Waals surface area contributed by atoms with Crippen molar-refractivity contribution in [3.63, 3.8) is 0 Å². The summed E-state index contributed by atoms with van der Waals surface area (Å²) >= 11 is 0. The standard InChI is InChI=1S/C20H28FN3O5S/c1-11(2)16-8-14(21)9-17(12(3)4)19(16)22-20(27)23-30(28,29)15-6-7-24(13(5)25)18(26)10-15/h8-9,11-12,15H,6-7,10H2,1-5H3,(H2,22,23,27). The van der Waals surface area contributed by atoms with Gasteiger partial charge in [0.1, 0.15) is 5.82 Å². The Morgan fingerprint density at radius 3 is 2.10 bits per heavy atom. The number of nitrogens with zero attached hydrogens (tertiary/aromatic N) is 1. The van der Waals surface area contributed by atoms with Gasteiger partial charge in [0.15, 0.2) is 0 Å². The minimum Gasteiger partial charge on any atom is -0.307 e. The van der Waals surface area contributed by atoms with Gasteiger partial charge < -0.3 is 5.32 Å². The lowest BCUT2D eigenvalue weighted by Crippen LogP contribution is -2.49. The molecule has 10 heteroatoms. The van der Waals surface area contributed by atoms with Gasteiger partial charge in [-0.3, -0.25) is 14.5 Å². The zero-order chi connectivity index (χ0) is 22.8. The van der Waals surface area contributed by atoms with Crippen LogP contribution in [0, 0.1) is 5.82 Å². The number of urea groups is 1. The highest BCUT2D eigenvalue weighted by molar-refractivity contribution is 7.90. The van der Waals surface area contributed by atoms with Gasteiger partial charge in [0.25, 0.3) is 0 Å². The normalized spacial score (nSPS) is 17.4. The molecule has 1 saturated heterocycles. The fourth-order valence-electron chi connectivity index (χ4n) is 3.46. The quantitative estimate of drug-likeness (QED) is 0.729. The Morgan fingerprint density at radius 1 is 1.13 bits per heavy atom. The molecule has 0 aliphatic carbocycles. The van der Waals surface area contributed by atoms with Gasteiger partial charge >= 0.3 is 6.03 Å². The molecule has 30 heavy (non-hydrogen) atoms. The zero-order valence-electron chi connectivity index (χ0n) is 17.8. The summed E-state index contributed by atoms with van der Waals surface area (Å²) in [7, 11) is -4.15. The molecule has 166 valence electrons. The number of sulfonamides is 1. The molecule has 1 fully saturated rings. The number of carbonyl (C=O) groups is 3. The summed E-state index contributed by atoms with van der Waals surface area (Å²) in [6.07, 6.45) is -0.341. The van der Waals surface area contributed by atoms with Crippen LogP contribution in [-0.4, -0.2) is 43.0 Å². The number of hydrogen-bond donors (Lipinski definition) is 2. The van der Waals surface area contributed by atoms with Crippen LogP contribution in [0.2, 0.25) is 0 Å². The van der Waals surface area contributed by atoms with Gasteiger partial charge in [-0.25, -0.2) is 22.3 Å². The lowest BCUT2D eigenvalue weighted by atomic mass is 9.92. The topological polar surface area (TPSA) is 113 Å². The van der Waals surface area contributed by atoms with Crippen LogP contribution in [0.1, 0.15) is 70.4 Å². The fraction of sp³-hybridized carbons (Fsp3) is 0.550. The Balaban J connectivity index is 2.21. The van der Waals surface area contributed by atoms with Gasteiger partial charge in [0.05, 0.1) is 5.25 Å². The highest BCUT2D eigenvalue weighted by atomic mass is 32.2. The van der Waals surface area contributed by atoms with E-state index < -0.39 is 38.9 Å². The van der Waals surface area contributed by atoms with Gasteiger partial charge in [0, 0.05) is 25.6 Å². The highest BCUT2D eigenvalue weighted by Gasteiger charge is 2.37. The average Bonchev–Trinajstić information content (AvgIpc) is 2.61. The van der Waals surface area contributed by atoms with Crippen LogP contribution in [0.4, 0.5) is 14.9 Å². The van der Waals surface area contributed by atoms with E-state index in [1.54, 1.807) is 0 Å². The Kier molecular flexibility index (Phi) is 7.23. The first-order valence-corrected chi connectivity index (χ1v) is 11.3. The van der Waals surface area contributed by atoms with E-state index in [2.05, 4.69) is 5.32 Å². The number of benzene rings is 1. The first-order chi connectivity index (χ1) is 13.8. The molecule has 0 saturated carbocycles. The summed E-state index contributed by atoms with van der Waals surface area (Å²) in [6.45, 7) is 8.58. The maximum atomic E-state index is 14.0. The number of hydrogen-bond acceptors (Lipinski definition) is 5. The van der Waals surface area contributed by atoms with Crippen molar-refractivity contribution in [3.05, 3.63) is 29.1 Å². The summed E-state index contributed by atoms with van der Waals surface area (Å²) in [4.78, 5) is 36.9. The van der Waals surface area contributed by atoms with Crippen LogP contribution in [0.25, 0.3) is 0 Å². The molecular formula is C20H28FN3O5S. The first kappa shape index (κ1) is 23.8. The molecule has 1 aromatic rings. The van der Waals surface area contributed by atoms with Gasteiger partial charge in [-0.05, 0) is 41.5 Å². The summed E-state index contributed by atoms with van der Waals surface area (Å²) < 4.78 is 41.2. The smallest absolute Gasteiger partial charge is 0.307 e. The van der Waals surface area contributed by atoms with Crippen molar-refractivity contribution in [2.24, 2.45) is 0 Å². The van der Waals surface area contributed by atoms with Crippen LogP contribution in [0.15, 0.2) is 12.1 Å². The van der Waals surface area contributed by atoms with Crippen molar-refractivity contribution in [2.45, 2.75) is 64.5 Å². The van der Waals surface area contributed by atoms with E-state index in [0.717, 1.165) is 4.90 Å². The van der Waals surface area contributed by atoms with E-state index in [1.165, 1.54) is 19.1 Å². The van der Waals surface area contributed by atoms with E-state index >= 15 is 0 Å². The molecule has 0 aromatic heterocycles. The van der Waals surface area contributed by atoms with E-state index in [4.69, 9.17) is 0 Å². The number of halogens is 1. The molecule has 1 unspecified atom stereocenters. The molecule has 4 amide bonds. The maximum absolute atomic E-state index is 14.0. The zero-order valence-corrected chi connectivity index (χ0v) is 18.6. The van der Waals surface area contributed by atoms with Crippen molar-refractivity contribution < 1.29 is 27.2 Å². The first-order valence-electron chi connectivity index (χ1n) is 9.80. The van der Waals surface area contributed by atoms with Gasteiger partial charge in [-0.15, -0.1) is 0 Å². The molecule has 0 bridgehead atoms. The van der Waals surface area contributed by atoms with Crippen LogP contribution < -0.4 is 10.0 Å². The Labute approximate surface area is 176 Å². The number of amides is 4. The molecule has 0 spiro atoms. The highest BCUT2D eigenvalue weighted by Crippen LogP contribution is 2.33. The number of imide groups is 1. The third-order valence-corrected chi connectivity index (χ3v) is 6.83.